The lowest BCUT2D eigenvalue weighted by Gasteiger charge is -2.27. The predicted molar refractivity (Wildman–Crippen MR) is 135 cm³/mol. The molecule has 3 heterocycles. The first kappa shape index (κ1) is 22.2. The number of thiophene rings is 1. The minimum Gasteiger partial charge on any atom is -0.351 e. The van der Waals surface area contributed by atoms with Crippen LogP contribution in [0.15, 0.2) is 58.5 Å². The van der Waals surface area contributed by atoms with Crippen LogP contribution in [0.25, 0.3) is 0 Å². The molecule has 0 bridgehead atoms. The number of nitrogens with zero attached hydrogens (tertiary/aromatic N) is 2. The number of nitrogens with one attached hydrogen (secondary N) is 2. The van der Waals surface area contributed by atoms with Crippen molar-refractivity contribution in [2.45, 2.75) is 25.9 Å². The predicted octanol–water partition coefficient (Wildman–Crippen LogP) is 6.33. The number of anilines is 2. The Morgan fingerprint density at radius 1 is 1.32 bits per heavy atom. The van der Waals surface area contributed by atoms with Gasteiger partial charge in [-0.3, -0.25) is 9.78 Å². The Morgan fingerprint density at radius 2 is 2.13 bits per heavy atom. The van der Waals surface area contributed by atoms with Crippen LogP contribution in [-0.2, 0) is 4.79 Å². The van der Waals surface area contributed by atoms with Gasteiger partial charge in [0.15, 0.2) is 5.11 Å². The number of rotatable bonds is 5. The Labute approximate surface area is 204 Å². The van der Waals surface area contributed by atoms with Gasteiger partial charge in [-0.05, 0) is 64.5 Å². The molecule has 31 heavy (non-hydrogen) atoms. The summed E-state index contributed by atoms with van der Waals surface area (Å²) >= 11 is 17.5. The van der Waals surface area contributed by atoms with E-state index in [2.05, 4.69) is 47.9 Å². The first-order chi connectivity index (χ1) is 14.8. The molecule has 2 atom stereocenters. The summed E-state index contributed by atoms with van der Waals surface area (Å²) in [7, 11) is 0. The molecule has 3 aromatic rings. The van der Waals surface area contributed by atoms with Crippen LogP contribution in [0.4, 0.5) is 11.4 Å². The monoisotopic (exact) mass is 534 g/mol. The van der Waals surface area contributed by atoms with E-state index in [4.69, 9.17) is 23.8 Å². The third-order valence-corrected chi connectivity index (χ3v) is 7.38. The van der Waals surface area contributed by atoms with Gasteiger partial charge in [-0.25, -0.2) is 0 Å². The van der Waals surface area contributed by atoms with Gasteiger partial charge in [0.1, 0.15) is 0 Å². The van der Waals surface area contributed by atoms with Gasteiger partial charge in [0.05, 0.1) is 28.5 Å². The summed E-state index contributed by atoms with van der Waals surface area (Å²) in [6, 6.07) is 13.3. The number of hydrogen-bond acceptors (Lipinski definition) is 4. The summed E-state index contributed by atoms with van der Waals surface area (Å²) in [5, 5.41) is 9.41. The van der Waals surface area contributed by atoms with Gasteiger partial charge in [0.2, 0.25) is 5.91 Å². The molecule has 0 spiro atoms. The SMILES string of the molecule is CC(C)C(=O)Nc1ccc(N2C(=S)N[C@H](c3ccccn3)[C@H]2c2cc(Br)cs2)cc1Cl. The molecule has 0 saturated carbocycles. The zero-order valence-electron chi connectivity index (χ0n) is 16.8. The average Bonchev–Trinajstić information content (AvgIpc) is 3.32. The van der Waals surface area contributed by atoms with Crippen LogP contribution in [0.3, 0.4) is 0 Å². The topological polar surface area (TPSA) is 57.3 Å². The number of thiocarbonyl (C=S) groups is 1. The van der Waals surface area contributed by atoms with Crippen molar-refractivity contribution in [2.75, 3.05) is 10.2 Å². The molecule has 1 fully saturated rings. The summed E-state index contributed by atoms with van der Waals surface area (Å²) in [5.74, 6) is -0.212. The van der Waals surface area contributed by atoms with Gasteiger partial charge in [0, 0.05) is 32.5 Å². The molecule has 1 aromatic carbocycles. The van der Waals surface area contributed by atoms with Crippen LogP contribution < -0.4 is 15.5 Å². The molecule has 9 heteroatoms. The van der Waals surface area contributed by atoms with E-state index in [0.29, 0.717) is 15.8 Å². The van der Waals surface area contributed by atoms with Crippen molar-refractivity contribution in [3.8, 4) is 0 Å². The van der Waals surface area contributed by atoms with E-state index >= 15 is 0 Å². The number of hydrogen-bond donors (Lipinski definition) is 2. The molecule has 5 nitrogen and oxygen atoms in total. The van der Waals surface area contributed by atoms with Crippen molar-refractivity contribution in [3.05, 3.63) is 74.1 Å². The lowest BCUT2D eigenvalue weighted by Crippen LogP contribution is -2.29. The second-order valence-corrected chi connectivity index (χ2v) is 10.1. The molecule has 1 aliphatic heterocycles. The highest BCUT2D eigenvalue weighted by Gasteiger charge is 2.41. The van der Waals surface area contributed by atoms with Crippen molar-refractivity contribution in [1.29, 1.82) is 0 Å². The first-order valence-corrected chi connectivity index (χ1v) is 12.2. The molecule has 0 unspecified atom stereocenters. The van der Waals surface area contributed by atoms with E-state index < -0.39 is 0 Å². The Kier molecular flexibility index (Phi) is 6.62. The summed E-state index contributed by atoms with van der Waals surface area (Å²) in [4.78, 5) is 19.8. The van der Waals surface area contributed by atoms with Gasteiger partial charge in [0.25, 0.3) is 0 Å². The molecular formula is C22H20BrClN4OS2. The standard InChI is InChI=1S/C22H20BrClN4OS2/c1-12(2)21(29)26-16-7-6-14(10-15(16)24)28-20(18-9-13(23)11-31-18)19(27-22(28)30)17-5-3-4-8-25-17/h3-12,19-20H,1-2H3,(H,26,29)(H,27,30)/t19-,20-/m1/s1. The minimum absolute atomic E-state index is 0.0791. The van der Waals surface area contributed by atoms with Gasteiger partial charge < -0.3 is 15.5 Å². The van der Waals surface area contributed by atoms with Crippen LogP contribution in [0.1, 0.15) is 36.5 Å². The fourth-order valence-electron chi connectivity index (χ4n) is 3.44. The third kappa shape index (κ3) is 4.62. The number of halogens is 2. The van der Waals surface area contributed by atoms with Crippen molar-refractivity contribution in [1.82, 2.24) is 10.3 Å². The molecule has 0 radical (unpaired) electrons. The number of amides is 1. The minimum atomic E-state index is -0.133. The Hall–Kier alpha value is -2.00. The first-order valence-electron chi connectivity index (χ1n) is 9.70. The summed E-state index contributed by atoms with van der Waals surface area (Å²) < 4.78 is 1.02. The zero-order chi connectivity index (χ0) is 22.1. The van der Waals surface area contributed by atoms with Crippen LogP contribution in [0.2, 0.25) is 5.02 Å². The molecule has 1 aliphatic rings. The summed E-state index contributed by atoms with van der Waals surface area (Å²) in [6.45, 7) is 3.68. The molecular weight excluding hydrogens is 516 g/mol. The molecule has 2 aromatic heterocycles. The number of carbonyl (C=O) groups is 1. The maximum Gasteiger partial charge on any atom is 0.226 e. The number of pyridine rings is 1. The van der Waals surface area contributed by atoms with E-state index in [9.17, 15) is 4.79 Å². The van der Waals surface area contributed by atoms with Gasteiger partial charge in [-0.2, -0.15) is 0 Å². The van der Waals surface area contributed by atoms with Crippen molar-refractivity contribution in [3.63, 3.8) is 0 Å². The van der Waals surface area contributed by atoms with E-state index in [1.165, 1.54) is 0 Å². The number of aromatic nitrogens is 1. The molecule has 4 rings (SSSR count). The highest BCUT2D eigenvalue weighted by atomic mass is 79.9. The Balaban J connectivity index is 1.73. The van der Waals surface area contributed by atoms with Gasteiger partial charge in [-0.15, -0.1) is 11.3 Å². The molecule has 0 aliphatic carbocycles. The quantitative estimate of drug-likeness (QED) is 0.374. The molecule has 2 N–H and O–H groups in total. The van der Waals surface area contributed by atoms with Crippen molar-refractivity contribution < 1.29 is 4.79 Å². The second-order valence-electron chi connectivity index (χ2n) is 7.47. The second kappa shape index (κ2) is 9.24. The number of benzene rings is 1. The average molecular weight is 536 g/mol. The molecule has 160 valence electrons. The van der Waals surface area contributed by atoms with Crippen molar-refractivity contribution in [2.24, 2.45) is 5.92 Å². The zero-order valence-corrected chi connectivity index (χ0v) is 20.8. The van der Waals surface area contributed by atoms with Crippen LogP contribution in [-0.4, -0.2) is 16.0 Å². The van der Waals surface area contributed by atoms with Crippen molar-refractivity contribution >= 4 is 73.5 Å². The summed E-state index contributed by atoms with van der Waals surface area (Å²) in [5.41, 5.74) is 2.34. The van der Waals surface area contributed by atoms with E-state index in [1.54, 1.807) is 17.5 Å². The van der Waals surface area contributed by atoms with E-state index in [1.807, 2.05) is 50.2 Å². The lowest BCUT2D eigenvalue weighted by molar-refractivity contribution is -0.118. The Morgan fingerprint density at radius 3 is 2.74 bits per heavy atom. The maximum absolute atomic E-state index is 12.1. The van der Waals surface area contributed by atoms with E-state index in [0.717, 1.165) is 20.7 Å². The number of carbonyl (C=O) groups excluding carboxylic acids is 1. The molecule has 1 amide bonds. The summed E-state index contributed by atoms with van der Waals surface area (Å²) in [6.07, 6.45) is 1.78. The van der Waals surface area contributed by atoms with E-state index in [-0.39, 0.29) is 23.9 Å². The van der Waals surface area contributed by atoms with Crippen LogP contribution >= 0.6 is 51.1 Å². The smallest absolute Gasteiger partial charge is 0.226 e. The van der Waals surface area contributed by atoms with Gasteiger partial charge >= 0.3 is 0 Å². The largest absolute Gasteiger partial charge is 0.351 e. The highest BCUT2D eigenvalue weighted by Crippen LogP contribution is 2.45. The highest BCUT2D eigenvalue weighted by molar-refractivity contribution is 9.10. The lowest BCUT2D eigenvalue weighted by atomic mass is 10.0. The van der Waals surface area contributed by atoms with Gasteiger partial charge in [-0.1, -0.05) is 31.5 Å². The van der Waals surface area contributed by atoms with Crippen LogP contribution in [0, 0.1) is 5.92 Å². The molecule has 1 saturated heterocycles. The normalized spacial score (nSPS) is 18.4. The maximum atomic E-state index is 12.1. The van der Waals surface area contributed by atoms with Crippen LogP contribution in [0.5, 0.6) is 0 Å². The fourth-order valence-corrected chi connectivity index (χ4v) is 5.58. The fraction of sp³-hybridized carbons (Fsp3) is 0.227. The Bertz CT molecular complexity index is 1120. The third-order valence-electron chi connectivity index (χ3n) is 4.99.